The van der Waals surface area contributed by atoms with Crippen molar-refractivity contribution in [1.82, 2.24) is 0 Å². The zero-order valence-corrected chi connectivity index (χ0v) is 8.64. The second-order valence-electron chi connectivity index (χ2n) is 3.58. The first-order chi connectivity index (χ1) is 5.76. The first kappa shape index (κ1) is 11.5. The minimum atomic E-state index is 0.242. The van der Waals surface area contributed by atoms with Crippen molar-refractivity contribution >= 4 is 0 Å². The molecule has 1 nitrogen and oxygen atoms in total. The van der Waals surface area contributed by atoms with Gasteiger partial charge in [0, 0.05) is 5.92 Å². The maximum atomic E-state index is 8.74. The maximum absolute atomic E-state index is 8.74. The lowest BCUT2D eigenvalue weighted by molar-refractivity contribution is 0.371. The maximum Gasteiger partial charge on any atom is 0.0655 e. The standard InChI is InChI=1S/C11H21N/c1-4-6-7-8-11(5-2)10(3)9-12/h10-11H,4-8H2,1-3H3. The highest BCUT2D eigenvalue weighted by Crippen LogP contribution is 2.21. The van der Waals surface area contributed by atoms with Crippen molar-refractivity contribution in [2.75, 3.05) is 0 Å². The van der Waals surface area contributed by atoms with Gasteiger partial charge in [0.1, 0.15) is 0 Å². The van der Waals surface area contributed by atoms with E-state index < -0.39 is 0 Å². The van der Waals surface area contributed by atoms with Crippen molar-refractivity contribution in [2.45, 2.75) is 52.9 Å². The Balaban J connectivity index is 3.61. The highest BCUT2D eigenvalue weighted by molar-refractivity contribution is 4.83. The average molecular weight is 167 g/mol. The zero-order valence-electron chi connectivity index (χ0n) is 8.64. The molecule has 0 radical (unpaired) electrons. The summed E-state index contributed by atoms with van der Waals surface area (Å²) in [6.45, 7) is 6.44. The molecule has 0 aromatic carbocycles. The van der Waals surface area contributed by atoms with Gasteiger partial charge in [0.15, 0.2) is 0 Å². The SMILES string of the molecule is CCCCCC(CC)C(C)C#N. The number of unbranched alkanes of at least 4 members (excludes halogenated alkanes) is 2. The highest BCUT2D eigenvalue weighted by atomic mass is 14.3. The van der Waals surface area contributed by atoms with Crippen molar-refractivity contribution in [3.63, 3.8) is 0 Å². The molecule has 0 saturated carbocycles. The van der Waals surface area contributed by atoms with Crippen LogP contribution in [0.5, 0.6) is 0 Å². The van der Waals surface area contributed by atoms with Crippen LogP contribution in [0.2, 0.25) is 0 Å². The molecule has 2 unspecified atom stereocenters. The van der Waals surface area contributed by atoms with Crippen molar-refractivity contribution in [3.05, 3.63) is 0 Å². The van der Waals surface area contributed by atoms with Gasteiger partial charge in [-0.25, -0.2) is 0 Å². The number of nitrogens with zero attached hydrogens (tertiary/aromatic N) is 1. The van der Waals surface area contributed by atoms with Gasteiger partial charge in [-0.05, 0) is 19.3 Å². The Hall–Kier alpha value is -0.510. The molecule has 0 rings (SSSR count). The summed E-state index contributed by atoms with van der Waals surface area (Å²) in [7, 11) is 0. The Morgan fingerprint density at radius 1 is 1.25 bits per heavy atom. The molecule has 0 N–H and O–H groups in total. The number of hydrogen-bond acceptors (Lipinski definition) is 1. The number of hydrogen-bond donors (Lipinski definition) is 0. The van der Waals surface area contributed by atoms with E-state index in [1.807, 2.05) is 6.92 Å². The molecule has 0 aliphatic carbocycles. The molecule has 1 heteroatoms. The van der Waals surface area contributed by atoms with E-state index in [-0.39, 0.29) is 5.92 Å². The molecule has 0 amide bonds. The summed E-state index contributed by atoms with van der Waals surface area (Å²) in [6.07, 6.45) is 6.27. The van der Waals surface area contributed by atoms with Gasteiger partial charge >= 0.3 is 0 Å². The molecular weight excluding hydrogens is 146 g/mol. The Morgan fingerprint density at radius 2 is 1.92 bits per heavy atom. The van der Waals surface area contributed by atoms with E-state index in [9.17, 15) is 0 Å². The van der Waals surface area contributed by atoms with Crippen LogP contribution in [0, 0.1) is 23.2 Å². The Bertz CT molecular complexity index is 134. The fourth-order valence-corrected chi connectivity index (χ4v) is 1.57. The molecule has 0 aromatic heterocycles. The molecule has 12 heavy (non-hydrogen) atoms. The summed E-state index contributed by atoms with van der Waals surface area (Å²) in [5, 5.41) is 8.74. The van der Waals surface area contributed by atoms with Crippen molar-refractivity contribution in [2.24, 2.45) is 11.8 Å². The minimum Gasteiger partial charge on any atom is -0.198 e. The monoisotopic (exact) mass is 167 g/mol. The van der Waals surface area contributed by atoms with E-state index in [0.717, 1.165) is 6.42 Å². The van der Waals surface area contributed by atoms with Crippen LogP contribution < -0.4 is 0 Å². The van der Waals surface area contributed by atoms with Crippen LogP contribution in [-0.2, 0) is 0 Å². The topological polar surface area (TPSA) is 23.8 Å². The van der Waals surface area contributed by atoms with Gasteiger partial charge in [0.25, 0.3) is 0 Å². The highest BCUT2D eigenvalue weighted by Gasteiger charge is 2.13. The van der Waals surface area contributed by atoms with Crippen LogP contribution >= 0.6 is 0 Å². The largest absolute Gasteiger partial charge is 0.198 e. The van der Waals surface area contributed by atoms with Gasteiger partial charge in [0.2, 0.25) is 0 Å². The molecule has 0 aromatic rings. The molecular formula is C11H21N. The fourth-order valence-electron chi connectivity index (χ4n) is 1.57. The van der Waals surface area contributed by atoms with E-state index in [2.05, 4.69) is 19.9 Å². The molecule has 0 heterocycles. The van der Waals surface area contributed by atoms with E-state index in [1.165, 1.54) is 25.7 Å². The molecule has 0 saturated heterocycles. The van der Waals surface area contributed by atoms with Crippen LogP contribution in [0.4, 0.5) is 0 Å². The third-order valence-corrected chi connectivity index (χ3v) is 2.61. The van der Waals surface area contributed by atoms with Gasteiger partial charge in [-0.15, -0.1) is 0 Å². The van der Waals surface area contributed by atoms with Gasteiger partial charge in [-0.2, -0.15) is 5.26 Å². The van der Waals surface area contributed by atoms with Gasteiger partial charge in [0.05, 0.1) is 6.07 Å². The molecule has 0 bridgehead atoms. The number of nitriles is 1. The zero-order chi connectivity index (χ0) is 9.40. The first-order valence-corrected chi connectivity index (χ1v) is 5.15. The average Bonchev–Trinajstić information content (AvgIpc) is 2.11. The molecule has 0 fully saturated rings. The normalized spacial score (nSPS) is 15.2. The lowest BCUT2D eigenvalue weighted by Crippen LogP contribution is -2.08. The van der Waals surface area contributed by atoms with Crippen LogP contribution in [-0.4, -0.2) is 0 Å². The first-order valence-electron chi connectivity index (χ1n) is 5.15. The molecule has 0 spiro atoms. The molecule has 0 aliphatic heterocycles. The van der Waals surface area contributed by atoms with E-state index in [1.54, 1.807) is 0 Å². The summed E-state index contributed by atoms with van der Waals surface area (Å²) < 4.78 is 0. The summed E-state index contributed by atoms with van der Waals surface area (Å²) in [4.78, 5) is 0. The summed E-state index contributed by atoms with van der Waals surface area (Å²) in [5.74, 6) is 0.869. The van der Waals surface area contributed by atoms with Crippen LogP contribution in [0.1, 0.15) is 52.9 Å². The quantitative estimate of drug-likeness (QED) is 0.553. The summed E-state index contributed by atoms with van der Waals surface area (Å²) >= 11 is 0. The minimum absolute atomic E-state index is 0.242. The Labute approximate surface area is 76.8 Å². The van der Waals surface area contributed by atoms with E-state index in [0.29, 0.717) is 5.92 Å². The van der Waals surface area contributed by atoms with Gasteiger partial charge in [-0.3, -0.25) is 0 Å². The second kappa shape index (κ2) is 7.16. The second-order valence-corrected chi connectivity index (χ2v) is 3.58. The lowest BCUT2D eigenvalue weighted by atomic mass is 9.88. The van der Waals surface area contributed by atoms with Crippen LogP contribution in [0.25, 0.3) is 0 Å². The predicted octanol–water partition coefficient (Wildman–Crippen LogP) is 3.75. The molecule has 2 atom stereocenters. The molecule has 0 aliphatic rings. The number of rotatable bonds is 6. The van der Waals surface area contributed by atoms with Crippen LogP contribution in [0.15, 0.2) is 0 Å². The van der Waals surface area contributed by atoms with E-state index >= 15 is 0 Å². The Kier molecular flexibility index (Phi) is 6.85. The smallest absolute Gasteiger partial charge is 0.0655 e. The van der Waals surface area contributed by atoms with Crippen molar-refractivity contribution < 1.29 is 0 Å². The van der Waals surface area contributed by atoms with Gasteiger partial charge in [-0.1, -0.05) is 39.5 Å². The fraction of sp³-hybridized carbons (Fsp3) is 0.909. The Morgan fingerprint density at radius 3 is 2.33 bits per heavy atom. The third-order valence-electron chi connectivity index (χ3n) is 2.61. The van der Waals surface area contributed by atoms with Crippen LogP contribution in [0.3, 0.4) is 0 Å². The summed E-state index contributed by atoms with van der Waals surface area (Å²) in [6, 6.07) is 2.34. The van der Waals surface area contributed by atoms with Gasteiger partial charge < -0.3 is 0 Å². The van der Waals surface area contributed by atoms with Crippen molar-refractivity contribution in [1.29, 1.82) is 5.26 Å². The summed E-state index contributed by atoms with van der Waals surface area (Å²) in [5.41, 5.74) is 0. The molecule has 70 valence electrons. The third kappa shape index (κ3) is 4.38. The van der Waals surface area contributed by atoms with Crippen molar-refractivity contribution in [3.8, 4) is 6.07 Å². The predicted molar refractivity (Wildman–Crippen MR) is 52.7 cm³/mol. The van der Waals surface area contributed by atoms with E-state index in [4.69, 9.17) is 5.26 Å². The lowest BCUT2D eigenvalue weighted by Gasteiger charge is -2.16.